The Morgan fingerprint density at radius 1 is 1.12 bits per heavy atom. The number of benzene rings is 2. The number of nitro groups is 1. The second kappa shape index (κ2) is 9.64. The molecule has 4 rings (SSSR count). The highest BCUT2D eigenvalue weighted by atomic mass is 32.2. The number of nitrogens with zero attached hydrogens (tertiary/aromatic N) is 5. The summed E-state index contributed by atoms with van der Waals surface area (Å²) < 4.78 is 3.41. The zero-order valence-corrected chi connectivity index (χ0v) is 19.8. The van der Waals surface area contributed by atoms with Gasteiger partial charge in [0.2, 0.25) is 11.7 Å². The maximum Gasteiger partial charge on any atom is 0.292 e. The van der Waals surface area contributed by atoms with Crippen LogP contribution in [0.2, 0.25) is 0 Å². The number of fused-ring (bicyclic) bond motifs is 3. The second-order valence-electron chi connectivity index (χ2n) is 8.30. The average molecular weight is 481 g/mol. The minimum atomic E-state index is -0.637. The van der Waals surface area contributed by atoms with Crippen LogP contribution < -0.4 is 10.9 Å². The van der Waals surface area contributed by atoms with Crippen LogP contribution in [-0.4, -0.2) is 35.2 Å². The highest BCUT2D eigenvalue weighted by Crippen LogP contribution is 2.28. The molecule has 11 heteroatoms. The van der Waals surface area contributed by atoms with E-state index in [0.29, 0.717) is 34.3 Å². The number of nitrogens with one attached hydrogen (secondary N) is 1. The number of amides is 1. The third-order valence-corrected chi connectivity index (χ3v) is 6.46. The minimum absolute atomic E-state index is 0.129. The summed E-state index contributed by atoms with van der Waals surface area (Å²) in [5.74, 6) is 0.410. The molecular weight excluding hydrogens is 456 g/mol. The van der Waals surface area contributed by atoms with Crippen LogP contribution >= 0.6 is 11.8 Å². The summed E-state index contributed by atoms with van der Waals surface area (Å²) in [5.41, 5.74) is 0.474. The summed E-state index contributed by atoms with van der Waals surface area (Å²) in [6, 6.07) is 13.2. The van der Waals surface area contributed by atoms with E-state index < -0.39 is 16.1 Å². The van der Waals surface area contributed by atoms with Crippen molar-refractivity contribution in [3.05, 3.63) is 69.0 Å². The molecular formula is C23H24N6O4S. The molecule has 4 aromatic rings. The van der Waals surface area contributed by atoms with Crippen molar-refractivity contribution < 1.29 is 9.72 Å². The standard InChI is InChI=1S/C23H24N6O4S/c1-14(2)12-13-27-21(31)16-8-4-6-10-18(16)28-22(27)25-26-23(28)34-15(3)20(30)24-17-9-5-7-11-19(17)29(32)33/h4-11,14-15H,12-13H2,1-3H3,(H,24,30). The van der Waals surface area contributed by atoms with Crippen LogP contribution in [0.4, 0.5) is 11.4 Å². The van der Waals surface area contributed by atoms with E-state index in [9.17, 15) is 19.7 Å². The molecule has 1 N–H and O–H groups in total. The fourth-order valence-corrected chi connectivity index (χ4v) is 4.44. The van der Waals surface area contributed by atoms with E-state index in [1.807, 2.05) is 18.2 Å². The van der Waals surface area contributed by atoms with Crippen LogP contribution in [0.15, 0.2) is 58.5 Å². The zero-order chi connectivity index (χ0) is 24.4. The van der Waals surface area contributed by atoms with Gasteiger partial charge < -0.3 is 5.32 Å². The third-order valence-electron chi connectivity index (χ3n) is 5.42. The van der Waals surface area contributed by atoms with Gasteiger partial charge in [-0.3, -0.25) is 28.7 Å². The number of thioether (sulfide) groups is 1. The topological polar surface area (TPSA) is 124 Å². The molecule has 0 aliphatic heterocycles. The van der Waals surface area contributed by atoms with Crippen molar-refractivity contribution in [2.45, 2.75) is 44.1 Å². The van der Waals surface area contributed by atoms with Crippen LogP contribution in [0.5, 0.6) is 0 Å². The molecule has 0 radical (unpaired) electrons. The van der Waals surface area contributed by atoms with Crippen molar-refractivity contribution in [1.82, 2.24) is 19.2 Å². The molecule has 0 aliphatic rings. The molecule has 0 fully saturated rings. The maximum atomic E-state index is 13.1. The summed E-state index contributed by atoms with van der Waals surface area (Å²) in [4.78, 5) is 36.7. The summed E-state index contributed by atoms with van der Waals surface area (Å²) >= 11 is 1.17. The zero-order valence-electron chi connectivity index (χ0n) is 19.0. The fourth-order valence-electron chi connectivity index (χ4n) is 3.58. The second-order valence-corrected chi connectivity index (χ2v) is 9.61. The fraction of sp³-hybridized carbons (Fsp3) is 0.304. The average Bonchev–Trinajstić information content (AvgIpc) is 3.22. The van der Waals surface area contributed by atoms with E-state index in [2.05, 4.69) is 29.4 Å². The van der Waals surface area contributed by atoms with E-state index in [1.54, 1.807) is 28.0 Å². The lowest BCUT2D eigenvalue weighted by Crippen LogP contribution is -2.25. The summed E-state index contributed by atoms with van der Waals surface area (Å²) in [5, 5.41) is 22.8. The molecule has 1 atom stereocenters. The van der Waals surface area contributed by atoms with Gasteiger partial charge in [-0.25, -0.2) is 0 Å². The molecule has 0 spiro atoms. The van der Waals surface area contributed by atoms with Gasteiger partial charge >= 0.3 is 0 Å². The number of carbonyl (C=O) groups excluding carboxylic acids is 1. The normalized spacial score (nSPS) is 12.4. The van der Waals surface area contributed by atoms with Crippen LogP contribution in [0.3, 0.4) is 0 Å². The van der Waals surface area contributed by atoms with Gasteiger partial charge in [-0.05, 0) is 37.5 Å². The molecule has 2 heterocycles. The molecule has 34 heavy (non-hydrogen) atoms. The van der Waals surface area contributed by atoms with Gasteiger partial charge in [0, 0.05) is 12.6 Å². The molecule has 0 saturated heterocycles. The number of carbonyl (C=O) groups is 1. The first-order valence-corrected chi connectivity index (χ1v) is 11.7. The van der Waals surface area contributed by atoms with Crippen LogP contribution in [0.25, 0.3) is 16.7 Å². The summed E-state index contributed by atoms with van der Waals surface area (Å²) in [6.45, 7) is 6.37. The van der Waals surface area contributed by atoms with Crippen molar-refractivity contribution in [2.24, 2.45) is 5.92 Å². The Morgan fingerprint density at radius 3 is 2.56 bits per heavy atom. The van der Waals surface area contributed by atoms with Gasteiger partial charge in [-0.1, -0.05) is 49.9 Å². The first kappa shape index (κ1) is 23.4. The van der Waals surface area contributed by atoms with E-state index in [4.69, 9.17) is 0 Å². The molecule has 1 unspecified atom stereocenters. The number of para-hydroxylation sites is 3. The number of rotatable bonds is 8. The molecule has 2 aromatic carbocycles. The Labute approximate surface area is 199 Å². The molecule has 0 saturated carbocycles. The lowest BCUT2D eigenvalue weighted by molar-refractivity contribution is -0.383. The van der Waals surface area contributed by atoms with E-state index >= 15 is 0 Å². The van der Waals surface area contributed by atoms with Crippen molar-refractivity contribution >= 4 is 45.7 Å². The van der Waals surface area contributed by atoms with Gasteiger partial charge in [0.25, 0.3) is 11.2 Å². The maximum absolute atomic E-state index is 13.1. The number of aromatic nitrogens is 4. The summed E-state index contributed by atoms with van der Waals surface area (Å²) in [6.07, 6.45) is 0.803. The predicted octanol–water partition coefficient (Wildman–Crippen LogP) is 4.12. The summed E-state index contributed by atoms with van der Waals surface area (Å²) in [7, 11) is 0. The monoisotopic (exact) mass is 480 g/mol. The van der Waals surface area contributed by atoms with Crippen molar-refractivity contribution in [3.8, 4) is 0 Å². The van der Waals surface area contributed by atoms with Crippen LogP contribution in [0.1, 0.15) is 27.2 Å². The highest BCUT2D eigenvalue weighted by Gasteiger charge is 2.23. The van der Waals surface area contributed by atoms with Gasteiger partial charge in [-0.15, -0.1) is 10.2 Å². The molecule has 10 nitrogen and oxygen atoms in total. The molecule has 2 aromatic heterocycles. The van der Waals surface area contributed by atoms with E-state index in [1.165, 1.54) is 30.0 Å². The molecule has 0 bridgehead atoms. The van der Waals surface area contributed by atoms with Crippen molar-refractivity contribution in [1.29, 1.82) is 0 Å². The van der Waals surface area contributed by atoms with E-state index in [0.717, 1.165) is 6.42 Å². The van der Waals surface area contributed by atoms with Crippen LogP contribution in [-0.2, 0) is 11.3 Å². The van der Waals surface area contributed by atoms with Crippen molar-refractivity contribution in [2.75, 3.05) is 5.32 Å². The SMILES string of the molecule is CC(C)CCn1c(=O)c2ccccc2n2c(SC(C)C(=O)Nc3ccccc3[N+](=O)[O-])nnc12. The van der Waals surface area contributed by atoms with Gasteiger partial charge in [0.1, 0.15) is 5.69 Å². The minimum Gasteiger partial charge on any atom is -0.319 e. The first-order valence-electron chi connectivity index (χ1n) is 10.9. The predicted molar refractivity (Wildman–Crippen MR) is 131 cm³/mol. The Hall–Kier alpha value is -3.73. The first-order chi connectivity index (χ1) is 16.3. The highest BCUT2D eigenvalue weighted by molar-refractivity contribution is 8.00. The Balaban J connectivity index is 1.69. The van der Waals surface area contributed by atoms with Crippen LogP contribution in [0, 0.1) is 16.0 Å². The Kier molecular flexibility index (Phi) is 6.64. The number of hydrogen-bond donors (Lipinski definition) is 1. The number of hydrogen-bond acceptors (Lipinski definition) is 7. The lowest BCUT2D eigenvalue weighted by Gasteiger charge is -2.14. The van der Waals surface area contributed by atoms with Gasteiger partial charge in [0.05, 0.1) is 21.1 Å². The Bertz CT molecular complexity index is 1440. The van der Waals surface area contributed by atoms with Gasteiger partial charge in [0.15, 0.2) is 5.16 Å². The molecule has 1 amide bonds. The number of nitro benzene ring substituents is 1. The molecule has 176 valence electrons. The third kappa shape index (κ3) is 4.51. The lowest BCUT2D eigenvalue weighted by atomic mass is 10.1. The van der Waals surface area contributed by atoms with Crippen molar-refractivity contribution in [3.63, 3.8) is 0 Å². The smallest absolute Gasteiger partial charge is 0.292 e. The quantitative estimate of drug-likeness (QED) is 0.228. The van der Waals surface area contributed by atoms with Gasteiger partial charge in [-0.2, -0.15) is 0 Å². The Morgan fingerprint density at radius 2 is 1.82 bits per heavy atom. The number of aryl methyl sites for hydroxylation is 1. The number of anilines is 1. The molecule has 0 aliphatic carbocycles. The largest absolute Gasteiger partial charge is 0.319 e. The van der Waals surface area contributed by atoms with E-state index in [-0.39, 0.29) is 16.9 Å².